The lowest BCUT2D eigenvalue weighted by Crippen LogP contribution is -2.34. The molecule has 1 atom stereocenters. The third kappa shape index (κ3) is 2.65. The summed E-state index contributed by atoms with van der Waals surface area (Å²) in [6, 6.07) is 0. The first-order valence-electron chi connectivity index (χ1n) is 8.36. The van der Waals surface area contributed by atoms with E-state index in [0.717, 1.165) is 44.6 Å². The minimum absolute atomic E-state index is 0.00359. The summed E-state index contributed by atoms with van der Waals surface area (Å²) in [4.78, 5) is 32.0. The van der Waals surface area contributed by atoms with E-state index in [0.29, 0.717) is 23.4 Å². The third-order valence-corrected chi connectivity index (χ3v) is 5.46. The Kier molecular flexibility index (Phi) is 3.96. The Morgan fingerprint density at radius 2 is 1.96 bits per heavy atom. The van der Waals surface area contributed by atoms with Crippen molar-refractivity contribution in [3.63, 3.8) is 0 Å². The summed E-state index contributed by atoms with van der Waals surface area (Å²) < 4.78 is 0. The van der Waals surface area contributed by atoms with Crippen LogP contribution in [0.4, 0.5) is 0 Å². The van der Waals surface area contributed by atoms with Crippen LogP contribution in [0.2, 0.25) is 0 Å². The van der Waals surface area contributed by atoms with Crippen molar-refractivity contribution in [1.29, 1.82) is 0 Å². The Bertz CT molecular complexity index is 651. The maximum Gasteiger partial charge on any atom is 0.270 e. The van der Waals surface area contributed by atoms with Gasteiger partial charge in [-0.05, 0) is 45.3 Å². The van der Waals surface area contributed by atoms with Crippen molar-refractivity contribution in [3.8, 4) is 0 Å². The van der Waals surface area contributed by atoms with Crippen molar-refractivity contribution in [1.82, 2.24) is 14.8 Å². The zero-order valence-corrected chi connectivity index (χ0v) is 14.2. The van der Waals surface area contributed by atoms with E-state index in [1.54, 1.807) is 6.92 Å². The fourth-order valence-corrected chi connectivity index (χ4v) is 4.30. The Morgan fingerprint density at radius 1 is 1.26 bits per heavy atom. The van der Waals surface area contributed by atoms with Crippen LogP contribution >= 0.6 is 0 Å². The second-order valence-corrected chi connectivity index (χ2v) is 7.16. The second kappa shape index (κ2) is 5.67. The number of nitrogens with two attached hydrogens (primary N) is 1. The molecule has 6 heteroatoms. The molecule has 6 nitrogen and oxygen atoms in total. The zero-order chi connectivity index (χ0) is 16.8. The molecule has 0 aliphatic carbocycles. The van der Waals surface area contributed by atoms with Crippen LogP contribution in [0.5, 0.6) is 0 Å². The van der Waals surface area contributed by atoms with Gasteiger partial charge in [0.2, 0.25) is 0 Å². The van der Waals surface area contributed by atoms with Crippen LogP contribution in [0.1, 0.15) is 51.9 Å². The van der Waals surface area contributed by atoms with Crippen LogP contribution in [0.3, 0.4) is 0 Å². The van der Waals surface area contributed by atoms with E-state index in [-0.39, 0.29) is 11.3 Å². The molecule has 0 saturated carbocycles. The summed E-state index contributed by atoms with van der Waals surface area (Å²) in [5, 5.41) is 0. The smallest absolute Gasteiger partial charge is 0.270 e. The van der Waals surface area contributed by atoms with E-state index >= 15 is 0 Å². The summed E-state index contributed by atoms with van der Waals surface area (Å²) in [5.41, 5.74) is 8.20. The van der Waals surface area contributed by atoms with Gasteiger partial charge in [0.05, 0.1) is 5.56 Å². The normalized spacial score (nSPS) is 24.7. The van der Waals surface area contributed by atoms with Gasteiger partial charge in [-0.25, -0.2) is 0 Å². The van der Waals surface area contributed by atoms with Crippen molar-refractivity contribution in [3.05, 3.63) is 22.5 Å². The number of hydrogen-bond donors (Lipinski definition) is 2. The summed E-state index contributed by atoms with van der Waals surface area (Å²) in [6.45, 7) is 7.52. The van der Waals surface area contributed by atoms with Crippen molar-refractivity contribution in [2.24, 2.45) is 11.1 Å². The number of nitrogens with one attached hydrogen (secondary N) is 1. The Labute approximate surface area is 137 Å². The average Bonchev–Trinajstić information content (AvgIpc) is 3.16. The number of likely N-dealkylation sites (tertiary alicyclic amines) is 2. The van der Waals surface area contributed by atoms with Gasteiger partial charge in [0.15, 0.2) is 0 Å². The predicted octanol–water partition coefficient (Wildman–Crippen LogP) is 1.15. The molecular weight excluding hydrogens is 292 g/mol. The number of aromatic nitrogens is 1. The highest BCUT2D eigenvalue weighted by atomic mass is 16.2. The Morgan fingerprint density at radius 3 is 2.52 bits per heavy atom. The zero-order valence-electron chi connectivity index (χ0n) is 14.2. The third-order valence-electron chi connectivity index (χ3n) is 5.46. The second-order valence-electron chi connectivity index (χ2n) is 7.16. The van der Waals surface area contributed by atoms with Gasteiger partial charge < -0.3 is 20.5 Å². The quantitative estimate of drug-likeness (QED) is 0.877. The molecule has 2 aliphatic heterocycles. The number of aryl methyl sites for hydroxylation is 1. The highest BCUT2D eigenvalue weighted by Gasteiger charge is 2.44. The van der Waals surface area contributed by atoms with Crippen LogP contribution in [0, 0.1) is 12.3 Å². The standard InChI is InChI=1S/C17H26N4O2/c1-4-12-13(15(18)22)11(2)19-14(12)16(23)21-8-6-17(10-21)5-7-20(3)9-17/h19H,4-10H2,1-3H3,(H2,18,22). The lowest BCUT2D eigenvalue weighted by Gasteiger charge is -2.23. The van der Waals surface area contributed by atoms with Gasteiger partial charge in [-0.3, -0.25) is 9.59 Å². The highest BCUT2D eigenvalue weighted by Crippen LogP contribution is 2.39. The van der Waals surface area contributed by atoms with E-state index in [1.807, 2.05) is 11.8 Å². The highest BCUT2D eigenvalue weighted by molar-refractivity contribution is 6.02. The minimum atomic E-state index is -0.468. The van der Waals surface area contributed by atoms with Crippen LogP contribution in [0.15, 0.2) is 0 Å². The maximum atomic E-state index is 13.0. The number of hydrogen-bond acceptors (Lipinski definition) is 3. The van der Waals surface area contributed by atoms with Crippen LogP contribution in [-0.2, 0) is 6.42 Å². The van der Waals surface area contributed by atoms with Crippen molar-refractivity contribution in [2.45, 2.75) is 33.1 Å². The summed E-state index contributed by atoms with van der Waals surface area (Å²) >= 11 is 0. The minimum Gasteiger partial charge on any atom is -0.366 e. The van der Waals surface area contributed by atoms with Crippen molar-refractivity contribution in [2.75, 3.05) is 33.2 Å². The fourth-order valence-electron chi connectivity index (χ4n) is 4.30. The van der Waals surface area contributed by atoms with Gasteiger partial charge in [0.25, 0.3) is 11.8 Å². The van der Waals surface area contributed by atoms with Crippen LogP contribution in [0.25, 0.3) is 0 Å². The molecule has 0 aromatic carbocycles. The molecule has 1 unspecified atom stereocenters. The lowest BCUT2D eigenvalue weighted by atomic mass is 9.86. The summed E-state index contributed by atoms with van der Waals surface area (Å²) in [6.07, 6.45) is 2.84. The van der Waals surface area contributed by atoms with Crippen molar-refractivity contribution < 1.29 is 9.59 Å². The van der Waals surface area contributed by atoms with Crippen LogP contribution in [-0.4, -0.2) is 59.8 Å². The van der Waals surface area contributed by atoms with Gasteiger partial charge in [0.1, 0.15) is 5.69 Å². The van der Waals surface area contributed by atoms with Gasteiger partial charge >= 0.3 is 0 Å². The molecule has 23 heavy (non-hydrogen) atoms. The first-order chi connectivity index (χ1) is 10.9. The van der Waals surface area contributed by atoms with Gasteiger partial charge in [-0.1, -0.05) is 6.92 Å². The molecule has 126 valence electrons. The average molecular weight is 318 g/mol. The molecule has 3 rings (SSSR count). The largest absolute Gasteiger partial charge is 0.366 e. The number of amides is 2. The van der Waals surface area contributed by atoms with E-state index < -0.39 is 5.91 Å². The summed E-state index contributed by atoms with van der Waals surface area (Å²) in [7, 11) is 2.14. The molecule has 0 radical (unpaired) electrons. The predicted molar refractivity (Wildman–Crippen MR) is 88.5 cm³/mol. The van der Waals surface area contributed by atoms with E-state index in [9.17, 15) is 9.59 Å². The Balaban J connectivity index is 1.85. The number of carbonyl (C=O) groups excluding carboxylic acids is 2. The molecule has 2 saturated heterocycles. The Hall–Kier alpha value is -1.82. The molecule has 2 amide bonds. The SMILES string of the molecule is CCc1c(C(=O)N2CCC3(CCN(C)C3)C2)[nH]c(C)c1C(N)=O. The number of nitrogens with zero attached hydrogens (tertiary/aromatic N) is 2. The van der Waals surface area contributed by atoms with Gasteiger partial charge in [-0.15, -0.1) is 0 Å². The number of aromatic amines is 1. The number of rotatable bonds is 3. The van der Waals surface area contributed by atoms with Crippen LogP contribution < -0.4 is 5.73 Å². The number of H-pyrrole nitrogens is 1. The van der Waals surface area contributed by atoms with E-state index in [1.165, 1.54) is 0 Å². The molecule has 3 N–H and O–H groups in total. The topological polar surface area (TPSA) is 82.4 Å². The first kappa shape index (κ1) is 16.1. The molecule has 1 spiro atoms. The molecule has 2 fully saturated rings. The molecule has 1 aromatic heterocycles. The van der Waals surface area contributed by atoms with E-state index in [2.05, 4.69) is 16.9 Å². The lowest BCUT2D eigenvalue weighted by molar-refractivity contribution is 0.0767. The fraction of sp³-hybridized carbons (Fsp3) is 0.647. The molecule has 1 aromatic rings. The maximum absolute atomic E-state index is 13.0. The van der Waals surface area contributed by atoms with E-state index in [4.69, 9.17) is 5.73 Å². The number of carbonyl (C=O) groups is 2. The first-order valence-corrected chi connectivity index (χ1v) is 8.36. The van der Waals surface area contributed by atoms with Gasteiger partial charge in [-0.2, -0.15) is 0 Å². The summed E-state index contributed by atoms with van der Waals surface area (Å²) in [5.74, 6) is -0.464. The number of primary amides is 1. The monoisotopic (exact) mass is 318 g/mol. The molecular formula is C17H26N4O2. The molecule has 3 heterocycles. The molecule has 2 aliphatic rings. The molecule has 0 bridgehead atoms. The van der Waals surface area contributed by atoms with Gasteiger partial charge in [0, 0.05) is 30.7 Å². The van der Waals surface area contributed by atoms with Crippen molar-refractivity contribution >= 4 is 11.8 Å².